The fourth-order valence-electron chi connectivity index (χ4n) is 1.29. The lowest BCUT2D eigenvalue weighted by molar-refractivity contribution is 0.474. The summed E-state index contributed by atoms with van der Waals surface area (Å²) in [4.78, 5) is 30.3. The Hall–Kier alpha value is -2.15. The van der Waals surface area contributed by atoms with Gasteiger partial charge in [-0.05, 0) is 18.2 Å². The average molecular weight is 310 g/mol. The first-order valence-corrected chi connectivity index (χ1v) is 5.70. The molecule has 0 saturated heterocycles. The van der Waals surface area contributed by atoms with E-state index in [1.54, 1.807) is 12.1 Å². The molecule has 92 valence electrons. The number of nitrogens with one attached hydrogen (secondary N) is 2. The molecule has 18 heavy (non-hydrogen) atoms. The van der Waals surface area contributed by atoms with Gasteiger partial charge in [-0.3, -0.25) is 14.8 Å². The van der Waals surface area contributed by atoms with E-state index in [1.165, 1.54) is 12.3 Å². The summed E-state index contributed by atoms with van der Waals surface area (Å²) in [6, 6.07) is 5.99. The zero-order chi connectivity index (χ0) is 13.1. The normalized spacial score (nSPS) is 10.9. The van der Waals surface area contributed by atoms with Crippen LogP contribution in [0.5, 0.6) is 5.75 Å². The predicted octanol–water partition coefficient (Wildman–Crippen LogP) is 1.28. The Morgan fingerprint density at radius 1 is 1.22 bits per heavy atom. The van der Waals surface area contributed by atoms with Gasteiger partial charge in [0.05, 0.1) is 0 Å². The van der Waals surface area contributed by atoms with Gasteiger partial charge in [-0.15, -0.1) is 0 Å². The number of hydrogen-bond donors (Lipinski definition) is 3. The summed E-state index contributed by atoms with van der Waals surface area (Å²) in [5.74, 6) is 0.164. The van der Waals surface area contributed by atoms with Crippen LogP contribution in [0.1, 0.15) is 5.56 Å². The van der Waals surface area contributed by atoms with Crippen molar-refractivity contribution in [2.45, 2.75) is 0 Å². The number of rotatable bonds is 2. The molecule has 0 radical (unpaired) electrons. The first-order chi connectivity index (χ1) is 8.54. The molecule has 0 amide bonds. The Morgan fingerprint density at radius 3 is 2.72 bits per heavy atom. The summed E-state index contributed by atoms with van der Waals surface area (Å²) in [7, 11) is 0. The predicted molar refractivity (Wildman–Crippen MR) is 70.7 cm³/mol. The topological polar surface area (TPSA) is 98.3 Å². The molecule has 0 atom stereocenters. The van der Waals surface area contributed by atoms with Crippen LogP contribution in [0.2, 0.25) is 0 Å². The van der Waals surface area contributed by atoms with Crippen LogP contribution in [0, 0.1) is 0 Å². The van der Waals surface area contributed by atoms with Crippen molar-refractivity contribution < 1.29 is 5.11 Å². The van der Waals surface area contributed by atoms with E-state index in [4.69, 9.17) is 0 Å². The van der Waals surface area contributed by atoms with E-state index in [2.05, 4.69) is 25.9 Å². The number of phenolic OH excluding ortho intramolecular Hbond substituents is 1. The van der Waals surface area contributed by atoms with Gasteiger partial charge < -0.3 is 5.11 Å². The van der Waals surface area contributed by atoms with Crippen molar-refractivity contribution in [3.05, 3.63) is 55.1 Å². The maximum absolute atomic E-state index is 11.0. The number of hydrogen-bond acceptors (Lipinski definition) is 4. The number of nitrogens with zero attached hydrogens (tertiary/aromatic N) is 1. The van der Waals surface area contributed by atoms with Gasteiger partial charge in [-0.25, -0.2) is 9.79 Å². The second kappa shape index (κ2) is 5.01. The lowest BCUT2D eigenvalue weighted by Crippen LogP contribution is -2.20. The molecule has 7 heteroatoms. The Bertz CT molecular complexity index is 690. The molecule has 1 aromatic heterocycles. The Morgan fingerprint density at radius 2 is 2.00 bits per heavy atom. The van der Waals surface area contributed by atoms with Crippen LogP contribution in [-0.2, 0) is 0 Å². The van der Waals surface area contributed by atoms with E-state index in [-0.39, 0.29) is 11.6 Å². The SMILES string of the molecule is O=c1cc(/N=C/c2cc(Br)ccc2O)[nH]c(=O)[nH]1. The Labute approximate surface area is 109 Å². The maximum atomic E-state index is 11.0. The largest absolute Gasteiger partial charge is 0.507 e. The molecule has 6 nitrogen and oxygen atoms in total. The van der Waals surface area contributed by atoms with E-state index < -0.39 is 11.2 Å². The van der Waals surface area contributed by atoms with Crippen LogP contribution in [0.15, 0.2) is 43.3 Å². The first kappa shape index (κ1) is 12.3. The minimum atomic E-state index is -0.631. The molecule has 1 heterocycles. The minimum Gasteiger partial charge on any atom is -0.507 e. The fourth-order valence-corrected chi connectivity index (χ4v) is 1.67. The summed E-state index contributed by atoms with van der Waals surface area (Å²) < 4.78 is 0.779. The highest BCUT2D eigenvalue weighted by Gasteiger charge is 1.99. The maximum Gasteiger partial charge on any atom is 0.327 e. The molecule has 0 bridgehead atoms. The van der Waals surface area contributed by atoms with Crippen molar-refractivity contribution in [2.75, 3.05) is 0 Å². The fraction of sp³-hybridized carbons (Fsp3) is 0. The van der Waals surface area contributed by atoms with E-state index in [9.17, 15) is 14.7 Å². The van der Waals surface area contributed by atoms with Gasteiger partial charge in [-0.2, -0.15) is 0 Å². The average Bonchev–Trinajstić information content (AvgIpc) is 2.29. The van der Waals surface area contributed by atoms with Crippen molar-refractivity contribution in [3.8, 4) is 5.75 Å². The van der Waals surface area contributed by atoms with E-state index in [1.807, 2.05) is 4.98 Å². The van der Waals surface area contributed by atoms with Crippen molar-refractivity contribution in [1.82, 2.24) is 9.97 Å². The van der Waals surface area contributed by atoms with Crippen LogP contribution in [0.4, 0.5) is 5.82 Å². The highest BCUT2D eigenvalue weighted by molar-refractivity contribution is 9.10. The highest BCUT2D eigenvalue weighted by Crippen LogP contribution is 2.20. The lowest BCUT2D eigenvalue weighted by atomic mass is 10.2. The lowest BCUT2D eigenvalue weighted by Gasteiger charge is -1.98. The van der Waals surface area contributed by atoms with Gasteiger partial charge in [-0.1, -0.05) is 15.9 Å². The van der Waals surface area contributed by atoms with Crippen LogP contribution in [0.25, 0.3) is 0 Å². The number of phenols is 1. The quantitative estimate of drug-likeness (QED) is 0.729. The van der Waals surface area contributed by atoms with Gasteiger partial charge in [0.25, 0.3) is 5.56 Å². The summed E-state index contributed by atoms with van der Waals surface area (Å²) in [5, 5.41) is 9.57. The summed E-state index contributed by atoms with van der Waals surface area (Å²) in [5.41, 5.74) is -0.706. The summed E-state index contributed by atoms with van der Waals surface area (Å²) >= 11 is 3.26. The van der Waals surface area contributed by atoms with Gasteiger partial charge in [0.15, 0.2) is 0 Å². The van der Waals surface area contributed by atoms with Crippen LogP contribution in [-0.4, -0.2) is 21.3 Å². The zero-order valence-electron chi connectivity index (χ0n) is 8.98. The van der Waals surface area contributed by atoms with Crippen LogP contribution >= 0.6 is 15.9 Å². The molecular weight excluding hydrogens is 302 g/mol. The molecule has 0 spiro atoms. The number of H-pyrrole nitrogens is 2. The summed E-state index contributed by atoms with van der Waals surface area (Å²) in [6.45, 7) is 0. The number of halogens is 1. The summed E-state index contributed by atoms with van der Waals surface area (Å²) in [6.07, 6.45) is 1.35. The number of aromatic amines is 2. The third-order valence-electron chi connectivity index (χ3n) is 2.08. The van der Waals surface area contributed by atoms with Crippen molar-refractivity contribution >= 4 is 28.0 Å². The van der Waals surface area contributed by atoms with Gasteiger partial charge >= 0.3 is 5.69 Å². The van der Waals surface area contributed by atoms with Gasteiger partial charge in [0, 0.05) is 22.3 Å². The monoisotopic (exact) mass is 309 g/mol. The third-order valence-corrected chi connectivity index (χ3v) is 2.57. The van der Waals surface area contributed by atoms with E-state index in [0.717, 1.165) is 10.5 Å². The smallest absolute Gasteiger partial charge is 0.327 e. The van der Waals surface area contributed by atoms with Crippen molar-refractivity contribution in [2.24, 2.45) is 4.99 Å². The molecule has 3 N–H and O–H groups in total. The third kappa shape index (κ3) is 2.95. The molecule has 2 rings (SSSR count). The molecule has 0 aliphatic carbocycles. The molecule has 0 aliphatic rings. The van der Waals surface area contributed by atoms with Crippen molar-refractivity contribution in [1.29, 1.82) is 0 Å². The second-order valence-electron chi connectivity index (χ2n) is 3.43. The number of benzene rings is 1. The molecule has 1 aromatic carbocycles. The highest BCUT2D eigenvalue weighted by atomic mass is 79.9. The molecule has 0 fully saturated rings. The van der Waals surface area contributed by atoms with E-state index in [0.29, 0.717) is 5.56 Å². The van der Waals surface area contributed by atoms with Crippen molar-refractivity contribution in [3.63, 3.8) is 0 Å². The number of aliphatic imine (C=N–C) groups is 1. The zero-order valence-corrected chi connectivity index (χ0v) is 10.6. The number of aromatic hydroxyl groups is 1. The van der Waals surface area contributed by atoms with Gasteiger partial charge in [0.2, 0.25) is 0 Å². The molecule has 2 aromatic rings. The van der Waals surface area contributed by atoms with E-state index >= 15 is 0 Å². The van der Waals surface area contributed by atoms with Crippen LogP contribution < -0.4 is 11.2 Å². The minimum absolute atomic E-state index is 0.0501. The Kier molecular flexibility index (Phi) is 3.42. The second-order valence-corrected chi connectivity index (χ2v) is 4.35. The Balaban J connectivity index is 2.38. The molecule has 0 aliphatic heterocycles. The van der Waals surface area contributed by atoms with Crippen LogP contribution in [0.3, 0.4) is 0 Å². The standard InChI is InChI=1S/C11H8BrN3O3/c12-7-1-2-8(16)6(3-7)5-13-9-4-10(17)15-11(18)14-9/h1-5,16H,(H2,14,15,17,18)/b13-5+. The molecule has 0 saturated carbocycles. The molecule has 0 unspecified atom stereocenters. The van der Waals surface area contributed by atoms with Gasteiger partial charge in [0.1, 0.15) is 11.6 Å². The molecular formula is C11H8BrN3O3. The number of aromatic nitrogens is 2. The first-order valence-electron chi connectivity index (χ1n) is 4.91.